The maximum Gasteiger partial charge on any atom is 0.208 e. The third kappa shape index (κ3) is 4.53. The summed E-state index contributed by atoms with van der Waals surface area (Å²) in [6.07, 6.45) is 3.73. The van der Waals surface area contributed by atoms with Crippen LogP contribution in [0.15, 0.2) is 24.3 Å². The van der Waals surface area contributed by atoms with E-state index < -0.39 is 10.0 Å². The van der Waals surface area contributed by atoms with Crippen molar-refractivity contribution in [3.63, 3.8) is 0 Å². The topological polar surface area (TPSA) is 58.6 Å². The normalized spacial score (nSPS) is 29.2. The molecule has 0 bridgehead atoms. The van der Waals surface area contributed by atoms with Crippen molar-refractivity contribution in [3.8, 4) is 0 Å². The van der Waals surface area contributed by atoms with Gasteiger partial charge in [-0.05, 0) is 31.7 Å². The van der Waals surface area contributed by atoms with Gasteiger partial charge < -0.3 is 4.74 Å². The predicted octanol–water partition coefficient (Wildman–Crippen LogP) is 1.67. The number of ether oxygens (including phenoxy) is 1. The molecule has 2 aliphatic heterocycles. The molecule has 3 rings (SSSR count). The number of sulfonamides is 1. The fraction of sp³-hybridized carbons (Fsp3) is 0.647. The largest absolute Gasteiger partial charge is 0.373 e. The van der Waals surface area contributed by atoms with Crippen LogP contribution in [0, 0.1) is 6.92 Å². The Morgan fingerprint density at radius 3 is 2.78 bits per heavy atom. The van der Waals surface area contributed by atoms with E-state index in [9.17, 15) is 8.42 Å². The summed E-state index contributed by atoms with van der Waals surface area (Å²) in [6.45, 7) is 5.53. The van der Waals surface area contributed by atoms with Crippen LogP contribution in [0.2, 0.25) is 0 Å². The Morgan fingerprint density at radius 1 is 1.35 bits per heavy atom. The van der Waals surface area contributed by atoms with E-state index in [0.717, 1.165) is 38.9 Å². The molecular formula is C17H26N2O3S. The lowest BCUT2D eigenvalue weighted by atomic mass is 9.90. The van der Waals surface area contributed by atoms with Gasteiger partial charge in [0, 0.05) is 32.3 Å². The molecule has 1 N–H and O–H groups in total. The lowest BCUT2D eigenvalue weighted by molar-refractivity contribution is -0.0779. The zero-order valence-corrected chi connectivity index (χ0v) is 14.7. The van der Waals surface area contributed by atoms with Gasteiger partial charge in [0.15, 0.2) is 0 Å². The third-order valence-electron chi connectivity index (χ3n) is 4.80. The summed E-state index contributed by atoms with van der Waals surface area (Å²) in [5.41, 5.74) is 2.40. The van der Waals surface area contributed by atoms with Gasteiger partial charge >= 0.3 is 0 Å². The van der Waals surface area contributed by atoms with Gasteiger partial charge in [0.05, 0.1) is 11.9 Å². The summed E-state index contributed by atoms with van der Waals surface area (Å²) < 4.78 is 31.8. The van der Waals surface area contributed by atoms with E-state index in [-0.39, 0.29) is 11.6 Å². The second-order valence-corrected chi connectivity index (χ2v) is 8.84. The number of likely N-dealkylation sites (tertiary alicyclic amines) is 1. The molecule has 6 heteroatoms. The lowest BCUT2D eigenvalue weighted by Gasteiger charge is -2.38. The summed E-state index contributed by atoms with van der Waals surface area (Å²) in [7, 11) is -3.16. The van der Waals surface area contributed by atoms with Gasteiger partial charge in [0.2, 0.25) is 10.0 Å². The molecule has 0 aromatic heterocycles. The molecule has 0 aliphatic carbocycles. The minimum Gasteiger partial charge on any atom is -0.373 e. The van der Waals surface area contributed by atoms with E-state index in [1.54, 1.807) is 0 Å². The quantitative estimate of drug-likeness (QED) is 0.907. The highest BCUT2D eigenvalue weighted by Crippen LogP contribution is 2.35. The third-order valence-corrected chi connectivity index (χ3v) is 5.56. The molecule has 2 fully saturated rings. The molecule has 128 valence electrons. The smallest absolute Gasteiger partial charge is 0.208 e. The fourth-order valence-electron chi connectivity index (χ4n) is 3.73. The maximum absolute atomic E-state index is 11.5. The predicted molar refractivity (Wildman–Crippen MR) is 90.8 cm³/mol. The summed E-state index contributed by atoms with van der Waals surface area (Å²) >= 11 is 0. The first-order valence-electron chi connectivity index (χ1n) is 8.23. The van der Waals surface area contributed by atoms with Gasteiger partial charge in [-0.25, -0.2) is 13.1 Å². The molecule has 0 saturated carbocycles. The van der Waals surface area contributed by atoms with E-state index in [1.165, 1.54) is 17.4 Å². The van der Waals surface area contributed by atoms with Crippen LogP contribution in [-0.4, -0.2) is 50.9 Å². The Bertz CT molecular complexity index is 644. The van der Waals surface area contributed by atoms with Crippen molar-refractivity contribution in [1.82, 2.24) is 9.62 Å². The SMILES string of the molecule is Cc1ccc(CN2CC[C@@]3(C[C@H](NS(C)(=O)=O)CCO3)C2)cc1. The average Bonchev–Trinajstić information content (AvgIpc) is 2.82. The van der Waals surface area contributed by atoms with Crippen molar-refractivity contribution in [2.75, 3.05) is 26.0 Å². The highest BCUT2D eigenvalue weighted by atomic mass is 32.2. The molecule has 0 unspecified atom stereocenters. The molecular weight excluding hydrogens is 312 g/mol. The van der Waals surface area contributed by atoms with Crippen LogP contribution >= 0.6 is 0 Å². The van der Waals surface area contributed by atoms with E-state index in [2.05, 4.69) is 40.8 Å². The van der Waals surface area contributed by atoms with Crippen molar-refractivity contribution in [2.45, 2.75) is 44.4 Å². The zero-order chi connectivity index (χ0) is 16.5. The van der Waals surface area contributed by atoms with Crippen molar-refractivity contribution >= 4 is 10.0 Å². The number of aryl methyl sites for hydroxylation is 1. The number of nitrogens with one attached hydrogen (secondary N) is 1. The summed E-state index contributed by atoms with van der Waals surface area (Å²) in [4.78, 5) is 2.41. The maximum atomic E-state index is 11.5. The van der Waals surface area contributed by atoms with E-state index in [1.807, 2.05) is 0 Å². The van der Waals surface area contributed by atoms with Crippen LogP contribution < -0.4 is 4.72 Å². The Labute approximate surface area is 139 Å². The van der Waals surface area contributed by atoms with Crippen LogP contribution in [0.5, 0.6) is 0 Å². The first kappa shape index (κ1) is 16.9. The van der Waals surface area contributed by atoms with E-state index in [0.29, 0.717) is 6.61 Å². The Morgan fingerprint density at radius 2 is 2.09 bits per heavy atom. The number of rotatable bonds is 4. The van der Waals surface area contributed by atoms with Gasteiger partial charge in [-0.3, -0.25) is 4.90 Å². The van der Waals surface area contributed by atoms with E-state index in [4.69, 9.17) is 4.74 Å². The summed E-state index contributed by atoms with van der Waals surface area (Å²) in [5.74, 6) is 0. The first-order valence-corrected chi connectivity index (χ1v) is 10.1. The molecule has 0 amide bonds. The van der Waals surface area contributed by atoms with Crippen molar-refractivity contribution in [3.05, 3.63) is 35.4 Å². The number of hydrogen-bond donors (Lipinski definition) is 1. The van der Waals surface area contributed by atoms with Crippen molar-refractivity contribution < 1.29 is 13.2 Å². The highest BCUT2D eigenvalue weighted by Gasteiger charge is 2.43. The Hall–Kier alpha value is -0.950. The lowest BCUT2D eigenvalue weighted by Crippen LogP contribution is -2.49. The Balaban J connectivity index is 1.60. The molecule has 1 aromatic rings. The van der Waals surface area contributed by atoms with Crippen molar-refractivity contribution in [1.29, 1.82) is 0 Å². The van der Waals surface area contributed by atoms with Crippen LogP contribution in [0.1, 0.15) is 30.4 Å². The number of benzene rings is 1. The van der Waals surface area contributed by atoms with Crippen LogP contribution in [0.25, 0.3) is 0 Å². The fourth-order valence-corrected chi connectivity index (χ4v) is 4.54. The van der Waals surface area contributed by atoms with Gasteiger partial charge in [0.1, 0.15) is 0 Å². The Kier molecular flexibility index (Phi) is 4.78. The monoisotopic (exact) mass is 338 g/mol. The molecule has 2 atom stereocenters. The number of hydrogen-bond acceptors (Lipinski definition) is 4. The number of nitrogens with zero attached hydrogens (tertiary/aromatic N) is 1. The first-order chi connectivity index (χ1) is 10.8. The van der Waals surface area contributed by atoms with Gasteiger partial charge in [-0.15, -0.1) is 0 Å². The molecule has 1 spiro atoms. The van der Waals surface area contributed by atoms with Crippen LogP contribution in [0.3, 0.4) is 0 Å². The molecule has 2 aliphatic rings. The van der Waals surface area contributed by atoms with Gasteiger partial charge in [0.25, 0.3) is 0 Å². The average molecular weight is 338 g/mol. The minimum absolute atomic E-state index is 0.00178. The molecule has 23 heavy (non-hydrogen) atoms. The molecule has 5 nitrogen and oxygen atoms in total. The molecule has 2 heterocycles. The minimum atomic E-state index is -3.16. The van der Waals surface area contributed by atoms with Crippen LogP contribution in [0.4, 0.5) is 0 Å². The second kappa shape index (κ2) is 6.51. The molecule has 2 saturated heterocycles. The zero-order valence-electron chi connectivity index (χ0n) is 13.9. The summed E-state index contributed by atoms with van der Waals surface area (Å²) in [6, 6.07) is 8.64. The van der Waals surface area contributed by atoms with Crippen LogP contribution in [-0.2, 0) is 21.3 Å². The summed E-state index contributed by atoms with van der Waals surface area (Å²) in [5, 5.41) is 0. The standard InChI is InChI=1S/C17H26N2O3S/c1-14-3-5-15(6-4-14)12-19-9-8-17(13-19)11-16(7-10-22-17)18-23(2,20)21/h3-6,16,18H,7-13H2,1-2H3/t16-,17-/m1/s1. The highest BCUT2D eigenvalue weighted by molar-refractivity contribution is 7.88. The van der Waals surface area contributed by atoms with Gasteiger partial charge in [-0.1, -0.05) is 29.8 Å². The second-order valence-electron chi connectivity index (χ2n) is 7.06. The molecule has 1 aromatic carbocycles. The molecule has 0 radical (unpaired) electrons. The van der Waals surface area contributed by atoms with Crippen molar-refractivity contribution in [2.24, 2.45) is 0 Å². The van der Waals surface area contributed by atoms with Gasteiger partial charge in [-0.2, -0.15) is 0 Å². The van der Waals surface area contributed by atoms with E-state index >= 15 is 0 Å².